The van der Waals surface area contributed by atoms with E-state index in [0.717, 1.165) is 18.6 Å². The maximum absolute atomic E-state index is 12.7. The molecular formula is C20H26N2O5. The van der Waals surface area contributed by atoms with E-state index in [1.54, 1.807) is 50.1 Å². The smallest absolute Gasteiger partial charge is 0.275 e. The number of likely N-dealkylation sites (tertiary alicyclic amines) is 1. The normalized spacial score (nSPS) is 17.6. The zero-order valence-electron chi connectivity index (χ0n) is 16.0. The van der Waals surface area contributed by atoms with Gasteiger partial charge < -0.3 is 23.9 Å². The zero-order valence-corrected chi connectivity index (χ0v) is 16.0. The molecule has 0 bridgehead atoms. The van der Waals surface area contributed by atoms with Gasteiger partial charge in [-0.25, -0.2) is 4.98 Å². The van der Waals surface area contributed by atoms with Crippen molar-refractivity contribution in [2.45, 2.75) is 38.9 Å². The number of aromatic nitrogens is 1. The maximum Gasteiger partial charge on any atom is 0.275 e. The van der Waals surface area contributed by atoms with Gasteiger partial charge in [0.1, 0.15) is 17.8 Å². The molecule has 1 N–H and O–H groups in total. The predicted molar refractivity (Wildman–Crippen MR) is 98.8 cm³/mol. The fraction of sp³-hybridized carbons (Fsp3) is 0.500. The molecule has 1 atom stereocenters. The molecular weight excluding hydrogens is 348 g/mol. The van der Waals surface area contributed by atoms with Crippen LogP contribution >= 0.6 is 0 Å². The number of nitrogens with zero attached hydrogens (tertiary/aromatic N) is 2. The van der Waals surface area contributed by atoms with E-state index in [9.17, 15) is 9.90 Å². The number of carbonyl (C=O) groups excluding carboxylic acids is 1. The second-order valence-electron chi connectivity index (χ2n) is 7.33. The Morgan fingerprint density at radius 3 is 2.70 bits per heavy atom. The number of aliphatic hydroxyl groups is 1. The number of oxazole rings is 1. The van der Waals surface area contributed by atoms with Gasteiger partial charge in [-0.05, 0) is 51.0 Å². The highest BCUT2D eigenvalue weighted by Gasteiger charge is 2.34. The number of hydrogen-bond donors (Lipinski definition) is 1. The van der Waals surface area contributed by atoms with Crippen LogP contribution in [0.25, 0.3) is 0 Å². The quantitative estimate of drug-likeness (QED) is 0.837. The molecule has 7 nitrogen and oxygen atoms in total. The van der Waals surface area contributed by atoms with Crippen molar-refractivity contribution >= 4 is 5.91 Å². The van der Waals surface area contributed by atoms with Gasteiger partial charge >= 0.3 is 0 Å². The van der Waals surface area contributed by atoms with Gasteiger partial charge in [-0.2, -0.15) is 0 Å². The van der Waals surface area contributed by atoms with Crippen LogP contribution in [0.1, 0.15) is 43.1 Å². The van der Waals surface area contributed by atoms with Gasteiger partial charge in [-0.15, -0.1) is 0 Å². The molecule has 1 aromatic carbocycles. The fourth-order valence-electron chi connectivity index (χ4n) is 3.19. The molecule has 27 heavy (non-hydrogen) atoms. The third-order valence-electron chi connectivity index (χ3n) is 4.90. The van der Waals surface area contributed by atoms with Crippen LogP contribution in [-0.4, -0.2) is 46.7 Å². The van der Waals surface area contributed by atoms with Crippen LogP contribution in [0.4, 0.5) is 0 Å². The lowest BCUT2D eigenvalue weighted by Crippen LogP contribution is -2.47. The highest BCUT2D eigenvalue weighted by Crippen LogP contribution is 2.27. The molecule has 1 aliphatic rings. The molecule has 2 heterocycles. The summed E-state index contributed by atoms with van der Waals surface area (Å²) in [6.07, 6.45) is 3.14. The van der Waals surface area contributed by atoms with Crippen molar-refractivity contribution in [2.75, 3.05) is 20.2 Å². The molecule has 1 saturated heterocycles. The lowest BCUT2D eigenvalue weighted by atomic mass is 9.84. The zero-order chi connectivity index (χ0) is 19.4. The minimum absolute atomic E-state index is 0.0555. The van der Waals surface area contributed by atoms with Crippen molar-refractivity contribution in [2.24, 2.45) is 5.92 Å². The fourth-order valence-corrected chi connectivity index (χ4v) is 3.19. The molecule has 1 fully saturated rings. The third-order valence-corrected chi connectivity index (χ3v) is 4.90. The number of amides is 1. The van der Waals surface area contributed by atoms with Crippen LogP contribution in [0.3, 0.4) is 0 Å². The van der Waals surface area contributed by atoms with E-state index >= 15 is 0 Å². The highest BCUT2D eigenvalue weighted by molar-refractivity contribution is 5.92. The average molecular weight is 374 g/mol. The van der Waals surface area contributed by atoms with E-state index in [1.807, 2.05) is 0 Å². The van der Waals surface area contributed by atoms with Gasteiger partial charge in [0.15, 0.2) is 12.3 Å². The van der Waals surface area contributed by atoms with Gasteiger partial charge in [0.05, 0.1) is 12.7 Å². The van der Waals surface area contributed by atoms with Crippen LogP contribution < -0.4 is 9.47 Å². The number of piperidine rings is 1. The number of hydrogen-bond acceptors (Lipinski definition) is 6. The summed E-state index contributed by atoms with van der Waals surface area (Å²) in [7, 11) is 1.60. The summed E-state index contributed by atoms with van der Waals surface area (Å²) in [6, 6.07) is 7.18. The Bertz CT molecular complexity index is 763. The minimum Gasteiger partial charge on any atom is -0.497 e. The Morgan fingerprint density at radius 1 is 1.33 bits per heavy atom. The van der Waals surface area contributed by atoms with E-state index < -0.39 is 5.60 Å². The molecule has 0 spiro atoms. The van der Waals surface area contributed by atoms with Crippen molar-refractivity contribution in [3.8, 4) is 11.5 Å². The van der Waals surface area contributed by atoms with E-state index in [1.165, 1.54) is 6.26 Å². The molecule has 0 saturated carbocycles. The van der Waals surface area contributed by atoms with Gasteiger partial charge in [0.25, 0.3) is 5.91 Å². The molecule has 0 unspecified atom stereocenters. The van der Waals surface area contributed by atoms with Crippen molar-refractivity contribution in [3.63, 3.8) is 0 Å². The summed E-state index contributed by atoms with van der Waals surface area (Å²) in [4.78, 5) is 18.7. The van der Waals surface area contributed by atoms with Crippen molar-refractivity contribution in [3.05, 3.63) is 42.1 Å². The summed E-state index contributed by atoms with van der Waals surface area (Å²) in [5, 5.41) is 10.2. The standard InChI is InChI=1S/C20H26N2O5/c1-20(2,24)14-5-4-10-22(11-14)19(23)17-12-27-18(21-17)13-26-16-8-6-15(25-3)7-9-16/h6-9,12,14,24H,4-5,10-11,13H2,1-3H3/t14-/m1/s1. The Morgan fingerprint density at radius 2 is 2.04 bits per heavy atom. The van der Waals surface area contributed by atoms with Gasteiger partial charge in [-0.3, -0.25) is 4.79 Å². The monoisotopic (exact) mass is 374 g/mol. The second-order valence-corrected chi connectivity index (χ2v) is 7.33. The molecule has 1 amide bonds. The molecule has 146 valence electrons. The predicted octanol–water partition coefficient (Wildman–Crippen LogP) is 2.89. The van der Waals surface area contributed by atoms with Crippen LogP contribution in [0.15, 0.2) is 34.9 Å². The molecule has 1 aliphatic heterocycles. The van der Waals surface area contributed by atoms with Crippen molar-refractivity contribution < 1.29 is 23.8 Å². The summed E-state index contributed by atoms with van der Waals surface area (Å²) >= 11 is 0. The minimum atomic E-state index is -0.805. The molecule has 2 aromatic rings. The van der Waals surface area contributed by atoms with Gasteiger partial charge in [-0.1, -0.05) is 0 Å². The summed E-state index contributed by atoms with van der Waals surface area (Å²) in [6.45, 7) is 4.89. The van der Waals surface area contributed by atoms with Crippen molar-refractivity contribution in [1.29, 1.82) is 0 Å². The first kappa shape index (κ1) is 19.2. The Labute approximate surface area is 158 Å². The largest absolute Gasteiger partial charge is 0.497 e. The topological polar surface area (TPSA) is 85.0 Å². The third kappa shape index (κ3) is 4.80. The SMILES string of the molecule is COc1ccc(OCc2nc(C(=O)N3CCC[C@@H](C(C)(C)O)C3)co2)cc1. The summed E-state index contributed by atoms with van der Waals surface area (Å²) in [5.41, 5.74) is -0.542. The van der Waals surface area contributed by atoms with E-state index in [4.69, 9.17) is 13.9 Å². The summed E-state index contributed by atoms with van der Waals surface area (Å²) in [5.74, 6) is 1.62. The molecule has 7 heteroatoms. The number of carbonyl (C=O) groups is 1. The van der Waals surface area contributed by atoms with E-state index in [2.05, 4.69) is 4.98 Å². The Kier molecular flexibility index (Phi) is 5.70. The first-order chi connectivity index (χ1) is 12.9. The first-order valence-electron chi connectivity index (χ1n) is 9.09. The number of ether oxygens (including phenoxy) is 2. The molecule has 0 radical (unpaired) electrons. The molecule has 3 rings (SSSR count). The van der Waals surface area contributed by atoms with Gasteiger partial charge in [0.2, 0.25) is 5.89 Å². The van der Waals surface area contributed by atoms with Crippen LogP contribution in [0.5, 0.6) is 11.5 Å². The maximum atomic E-state index is 12.7. The summed E-state index contributed by atoms with van der Waals surface area (Å²) < 4.78 is 16.1. The lowest BCUT2D eigenvalue weighted by Gasteiger charge is -2.38. The van der Waals surface area contributed by atoms with E-state index in [-0.39, 0.29) is 24.1 Å². The van der Waals surface area contributed by atoms with Crippen LogP contribution in [-0.2, 0) is 6.61 Å². The van der Waals surface area contributed by atoms with Crippen LogP contribution in [0.2, 0.25) is 0 Å². The van der Waals surface area contributed by atoms with Gasteiger partial charge in [0, 0.05) is 19.0 Å². The number of rotatable bonds is 6. The second kappa shape index (κ2) is 8.00. The Hall–Kier alpha value is -2.54. The average Bonchev–Trinajstić information content (AvgIpc) is 3.14. The first-order valence-corrected chi connectivity index (χ1v) is 9.09. The molecule has 1 aromatic heterocycles. The lowest BCUT2D eigenvalue weighted by molar-refractivity contribution is -0.0147. The van der Waals surface area contributed by atoms with E-state index in [0.29, 0.717) is 24.7 Å². The highest BCUT2D eigenvalue weighted by atomic mass is 16.5. The molecule has 0 aliphatic carbocycles. The van der Waals surface area contributed by atoms with Crippen LogP contribution in [0, 0.1) is 5.92 Å². The number of methoxy groups -OCH3 is 1. The number of benzene rings is 1. The van der Waals surface area contributed by atoms with Crippen molar-refractivity contribution in [1.82, 2.24) is 9.88 Å². The Balaban J connectivity index is 1.58.